The average molecular weight is 376 g/mol. The van der Waals surface area contributed by atoms with Crippen LogP contribution in [0.4, 0.5) is 0 Å². The van der Waals surface area contributed by atoms with Crippen molar-refractivity contribution >= 4 is 5.97 Å². The number of aryl methyl sites for hydroxylation is 1. The molecule has 0 aromatic heterocycles. The number of hydrogen-bond acceptors (Lipinski definition) is 3. The maximum atomic E-state index is 11.8. The molecule has 4 heteroatoms. The van der Waals surface area contributed by atoms with Crippen LogP contribution in [-0.4, -0.2) is 24.3 Å². The Morgan fingerprint density at radius 1 is 0.821 bits per heavy atom. The van der Waals surface area contributed by atoms with Gasteiger partial charge in [0.15, 0.2) is 0 Å². The van der Waals surface area contributed by atoms with Crippen molar-refractivity contribution < 1.29 is 19.4 Å². The van der Waals surface area contributed by atoms with Crippen LogP contribution in [0.3, 0.4) is 0 Å². The number of ether oxygens (including phenoxy) is 2. The number of carbonyl (C=O) groups is 1. The molecule has 0 aliphatic heterocycles. The second-order valence-corrected chi connectivity index (χ2v) is 6.58. The van der Waals surface area contributed by atoms with Gasteiger partial charge in [0.25, 0.3) is 0 Å². The lowest BCUT2D eigenvalue weighted by atomic mass is 9.92. The quantitative estimate of drug-likeness (QED) is 0.542. The molecule has 0 heterocycles. The van der Waals surface area contributed by atoms with Gasteiger partial charge >= 0.3 is 5.97 Å². The zero-order valence-electron chi connectivity index (χ0n) is 15.9. The molecule has 1 N–H and O–H groups in total. The van der Waals surface area contributed by atoms with Crippen molar-refractivity contribution in [2.45, 2.75) is 19.3 Å². The van der Waals surface area contributed by atoms with Crippen molar-refractivity contribution in [3.63, 3.8) is 0 Å². The van der Waals surface area contributed by atoms with E-state index in [0.717, 1.165) is 22.4 Å². The lowest BCUT2D eigenvalue weighted by Gasteiger charge is -2.16. The first-order valence-electron chi connectivity index (χ1n) is 9.32. The third-order valence-electron chi connectivity index (χ3n) is 4.59. The molecule has 0 bridgehead atoms. The molecule has 144 valence electrons. The molecule has 0 saturated carbocycles. The smallest absolute Gasteiger partial charge is 0.311 e. The molecular formula is C24H24O4. The lowest BCUT2D eigenvalue weighted by molar-refractivity contribution is -0.138. The van der Waals surface area contributed by atoms with Crippen molar-refractivity contribution in [3.8, 4) is 11.5 Å². The zero-order valence-corrected chi connectivity index (χ0v) is 15.9. The van der Waals surface area contributed by atoms with E-state index in [0.29, 0.717) is 25.4 Å². The van der Waals surface area contributed by atoms with Crippen LogP contribution < -0.4 is 9.47 Å². The predicted octanol–water partition coefficient (Wildman–Crippen LogP) is 4.86. The molecule has 1 atom stereocenters. The molecule has 3 rings (SSSR count). The second kappa shape index (κ2) is 9.60. The third-order valence-corrected chi connectivity index (χ3v) is 4.59. The van der Waals surface area contributed by atoms with Crippen LogP contribution in [0, 0.1) is 6.92 Å². The summed E-state index contributed by atoms with van der Waals surface area (Å²) in [5.41, 5.74) is 2.73. The van der Waals surface area contributed by atoms with Crippen molar-refractivity contribution in [1.29, 1.82) is 0 Å². The summed E-state index contributed by atoms with van der Waals surface area (Å²) in [6, 6.07) is 24.7. The highest BCUT2D eigenvalue weighted by Crippen LogP contribution is 2.27. The molecule has 0 spiro atoms. The Balaban J connectivity index is 1.64. The number of benzene rings is 3. The molecule has 0 aliphatic rings. The highest BCUT2D eigenvalue weighted by Gasteiger charge is 2.21. The van der Waals surface area contributed by atoms with E-state index in [9.17, 15) is 9.90 Å². The molecule has 0 fully saturated rings. The van der Waals surface area contributed by atoms with Crippen LogP contribution in [0.2, 0.25) is 0 Å². The Labute approximate surface area is 165 Å². The van der Waals surface area contributed by atoms with Gasteiger partial charge in [-0.2, -0.15) is 0 Å². The average Bonchev–Trinajstić information content (AvgIpc) is 2.72. The van der Waals surface area contributed by atoms with Crippen LogP contribution in [0.25, 0.3) is 0 Å². The van der Waals surface area contributed by atoms with Gasteiger partial charge in [0.1, 0.15) is 24.7 Å². The number of carboxylic acids is 1. The van der Waals surface area contributed by atoms with Gasteiger partial charge in [0.2, 0.25) is 0 Å². The monoisotopic (exact) mass is 376 g/mol. The molecule has 3 aromatic carbocycles. The topological polar surface area (TPSA) is 55.8 Å². The molecule has 0 amide bonds. The van der Waals surface area contributed by atoms with E-state index in [2.05, 4.69) is 0 Å². The van der Waals surface area contributed by atoms with Gasteiger partial charge in [-0.3, -0.25) is 4.79 Å². The Morgan fingerprint density at radius 3 is 2.07 bits per heavy atom. The fourth-order valence-corrected chi connectivity index (χ4v) is 3.09. The van der Waals surface area contributed by atoms with Gasteiger partial charge in [0, 0.05) is 0 Å². The van der Waals surface area contributed by atoms with Crippen LogP contribution >= 0.6 is 0 Å². The summed E-state index contributed by atoms with van der Waals surface area (Å²) in [6.45, 7) is 2.80. The lowest BCUT2D eigenvalue weighted by Crippen LogP contribution is -2.16. The Bertz CT molecular complexity index is 905. The maximum absolute atomic E-state index is 11.8. The third kappa shape index (κ3) is 5.13. The van der Waals surface area contributed by atoms with Crippen molar-refractivity contribution in [1.82, 2.24) is 0 Å². The van der Waals surface area contributed by atoms with Gasteiger partial charge in [-0.05, 0) is 42.2 Å². The van der Waals surface area contributed by atoms with E-state index in [4.69, 9.17) is 9.47 Å². The largest absolute Gasteiger partial charge is 0.490 e. The Morgan fingerprint density at radius 2 is 1.39 bits per heavy atom. The number of para-hydroxylation sites is 2. The Hall–Kier alpha value is -3.27. The molecule has 28 heavy (non-hydrogen) atoms. The van der Waals surface area contributed by atoms with E-state index in [1.54, 1.807) is 0 Å². The first-order valence-corrected chi connectivity index (χ1v) is 9.32. The van der Waals surface area contributed by atoms with E-state index in [1.807, 2.05) is 85.8 Å². The fourth-order valence-electron chi connectivity index (χ4n) is 3.09. The van der Waals surface area contributed by atoms with Gasteiger partial charge in [-0.25, -0.2) is 0 Å². The first-order chi connectivity index (χ1) is 13.6. The van der Waals surface area contributed by atoms with E-state index < -0.39 is 11.9 Å². The van der Waals surface area contributed by atoms with Crippen molar-refractivity contribution in [2.75, 3.05) is 13.2 Å². The highest BCUT2D eigenvalue weighted by molar-refractivity contribution is 5.76. The normalized spacial score (nSPS) is 11.6. The first kappa shape index (κ1) is 19.5. The van der Waals surface area contributed by atoms with E-state index in [1.165, 1.54) is 0 Å². The predicted molar refractivity (Wildman–Crippen MR) is 109 cm³/mol. The summed E-state index contributed by atoms with van der Waals surface area (Å²) in [6.07, 6.45) is 0.369. The van der Waals surface area contributed by atoms with Gasteiger partial charge in [-0.1, -0.05) is 66.7 Å². The molecule has 0 saturated heterocycles. The van der Waals surface area contributed by atoms with Gasteiger partial charge in [-0.15, -0.1) is 0 Å². The van der Waals surface area contributed by atoms with Gasteiger partial charge in [0.05, 0.1) is 5.92 Å². The number of hydrogen-bond donors (Lipinski definition) is 1. The standard InChI is InChI=1S/C24H24O4/c1-18-9-5-7-13-22(18)27-15-16-28-23-14-8-6-12-20(23)17-21(24(25)26)19-10-3-2-4-11-19/h2-14,21H,15-17H2,1H3,(H,25,26). The maximum Gasteiger partial charge on any atom is 0.311 e. The van der Waals surface area contributed by atoms with E-state index >= 15 is 0 Å². The summed E-state index contributed by atoms with van der Waals surface area (Å²) in [7, 11) is 0. The highest BCUT2D eigenvalue weighted by atomic mass is 16.5. The molecular weight excluding hydrogens is 352 g/mol. The molecule has 0 aliphatic carbocycles. The summed E-state index contributed by atoms with van der Waals surface area (Å²) >= 11 is 0. The molecule has 3 aromatic rings. The number of rotatable bonds is 9. The SMILES string of the molecule is Cc1ccccc1OCCOc1ccccc1CC(C(=O)O)c1ccccc1. The van der Waals surface area contributed by atoms with Crippen molar-refractivity contribution in [3.05, 3.63) is 95.6 Å². The number of aliphatic carboxylic acids is 1. The summed E-state index contributed by atoms with van der Waals surface area (Å²) < 4.78 is 11.7. The van der Waals surface area contributed by atoms with Crippen molar-refractivity contribution in [2.24, 2.45) is 0 Å². The van der Waals surface area contributed by atoms with Gasteiger partial charge < -0.3 is 14.6 Å². The minimum absolute atomic E-state index is 0.369. The summed E-state index contributed by atoms with van der Waals surface area (Å²) in [4.78, 5) is 11.8. The summed E-state index contributed by atoms with van der Waals surface area (Å²) in [5, 5.41) is 9.68. The second-order valence-electron chi connectivity index (χ2n) is 6.58. The minimum atomic E-state index is -0.844. The zero-order chi connectivity index (χ0) is 19.8. The molecule has 0 radical (unpaired) electrons. The Kier molecular flexibility index (Phi) is 6.68. The number of carboxylic acid groups (broad SMARTS) is 1. The van der Waals surface area contributed by atoms with Crippen LogP contribution in [-0.2, 0) is 11.2 Å². The van der Waals surface area contributed by atoms with Crippen LogP contribution in [0.15, 0.2) is 78.9 Å². The minimum Gasteiger partial charge on any atom is -0.490 e. The molecule has 4 nitrogen and oxygen atoms in total. The summed E-state index contributed by atoms with van der Waals surface area (Å²) in [5.74, 6) is 0.0746. The van der Waals surface area contributed by atoms with Crippen LogP contribution in [0.5, 0.6) is 11.5 Å². The fraction of sp³-hybridized carbons (Fsp3) is 0.208. The van der Waals surface area contributed by atoms with E-state index in [-0.39, 0.29) is 0 Å². The molecule has 1 unspecified atom stereocenters. The van der Waals surface area contributed by atoms with Crippen LogP contribution in [0.1, 0.15) is 22.6 Å².